The van der Waals surface area contributed by atoms with Crippen LogP contribution in [0.25, 0.3) is 6.08 Å². The molecule has 0 aliphatic rings. The van der Waals surface area contributed by atoms with E-state index < -0.39 is 10.0 Å². The molecule has 1 aromatic heterocycles. The molecule has 2 aromatic rings. The van der Waals surface area contributed by atoms with Crippen molar-refractivity contribution in [3.05, 3.63) is 60.1 Å². The first kappa shape index (κ1) is 14.4. The highest BCUT2D eigenvalue weighted by molar-refractivity contribution is 7.93. The van der Waals surface area contributed by atoms with Crippen molar-refractivity contribution in [3.63, 3.8) is 0 Å². The van der Waals surface area contributed by atoms with Crippen LogP contribution in [0.5, 0.6) is 0 Å². The summed E-state index contributed by atoms with van der Waals surface area (Å²) in [4.78, 5) is 4.00. The Hall–Kier alpha value is -1.96. The normalized spacial score (nSPS) is 11.7. The second-order valence-corrected chi connectivity index (χ2v) is 6.47. The second kappa shape index (κ2) is 6.00. The predicted molar refractivity (Wildman–Crippen MR) is 81.6 cm³/mol. The van der Waals surface area contributed by atoms with Crippen LogP contribution < -0.4 is 10.3 Å². The van der Waals surface area contributed by atoms with Crippen LogP contribution in [0.15, 0.2) is 59.5 Å². The smallest absolute Gasteiger partial charge is 0.231 e. The van der Waals surface area contributed by atoms with Gasteiger partial charge in [0.2, 0.25) is 5.13 Å². The van der Waals surface area contributed by atoms with Gasteiger partial charge >= 0.3 is 0 Å². The predicted octanol–water partition coefficient (Wildman–Crippen LogP) is 2.41. The Bertz CT molecular complexity index is 705. The molecule has 7 heteroatoms. The molecule has 1 aromatic carbocycles. The van der Waals surface area contributed by atoms with Gasteiger partial charge < -0.3 is 0 Å². The van der Waals surface area contributed by atoms with Crippen molar-refractivity contribution in [2.45, 2.75) is 4.90 Å². The molecular weight excluding hydrogens is 294 g/mol. The van der Waals surface area contributed by atoms with Crippen LogP contribution in [-0.4, -0.2) is 13.4 Å². The molecule has 0 atom stereocenters. The maximum absolute atomic E-state index is 12.3. The van der Waals surface area contributed by atoms with Crippen LogP contribution >= 0.6 is 11.3 Å². The Labute approximate surface area is 121 Å². The van der Waals surface area contributed by atoms with E-state index in [9.17, 15) is 8.42 Å². The number of aromatic nitrogens is 1. The molecular formula is C13H13N3O2S2. The number of hydrazine groups is 1. The lowest BCUT2D eigenvalue weighted by Crippen LogP contribution is -2.37. The molecule has 0 saturated heterocycles. The third-order valence-corrected chi connectivity index (χ3v) is 4.91. The lowest BCUT2D eigenvalue weighted by molar-refractivity contribution is 0.592. The summed E-state index contributed by atoms with van der Waals surface area (Å²) in [5, 5.41) is 1.88. The first-order valence-corrected chi connectivity index (χ1v) is 7.96. The molecule has 2 rings (SSSR count). The Morgan fingerprint density at radius 1 is 1.30 bits per heavy atom. The van der Waals surface area contributed by atoms with Crippen molar-refractivity contribution in [3.8, 4) is 0 Å². The third-order valence-electron chi connectivity index (χ3n) is 2.47. The van der Waals surface area contributed by atoms with Gasteiger partial charge in [-0.3, -0.25) is 0 Å². The maximum atomic E-state index is 12.3. The number of rotatable bonds is 5. The number of thiazole rings is 1. The highest BCUT2D eigenvalue weighted by Gasteiger charge is 2.23. The van der Waals surface area contributed by atoms with E-state index in [0.29, 0.717) is 4.41 Å². The van der Waals surface area contributed by atoms with Crippen molar-refractivity contribution >= 4 is 32.6 Å². The van der Waals surface area contributed by atoms with Crippen LogP contribution in [-0.2, 0) is 10.0 Å². The van der Waals surface area contributed by atoms with E-state index in [4.69, 9.17) is 5.84 Å². The van der Waals surface area contributed by atoms with E-state index in [2.05, 4.69) is 11.6 Å². The second-order valence-electron chi connectivity index (χ2n) is 3.78. The minimum atomic E-state index is -3.78. The lowest BCUT2D eigenvalue weighted by atomic mass is 10.2. The fourth-order valence-electron chi connectivity index (χ4n) is 1.47. The van der Waals surface area contributed by atoms with Crippen molar-refractivity contribution in [1.29, 1.82) is 0 Å². The van der Waals surface area contributed by atoms with Crippen molar-refractivity contribution in [2.75, 3.05) is 4.41 Å². The standard InChI is InChI=1S/C13H13N3O2S2/c1-2-3-4-11-5-7-12(8-6-11)20(17,18)16(14)13-15-9-10-19-13/h2-10H,1,14H2/b4-3+. The van der Waals surface area contributed by atoms with Gasteiger partial charge in [-0.05, 0) is 17.7 Å². The molecule has 5 nitrogen and oxygen atoms in total. The number of nitrogens with zero attached hydrogens (tertiary/aromatic N) is 2. The van der Waals surface area contributed by atoms with Gasteiger partial charge in [0.15, 0.2) is 0 Å². The fraction of sp³-hybridized carbons (Fsp3) is 0. The molecule has 0 aliphatic heterocycles. The van der Waals surface area contributed by atoms with Gasteiger partial charge in [0.05, 0.1) is 4.90 Å². The summed E-state index contributed by atoms with van der Waals surface area (Å²) in [7, 11) is -3.78. The van der Waals surface area contributed by atoms with Crippen LogP contribution in [0.4, 0.5) is 5.13 Å². The van der Waals surface area contributed by atoms with E-state index in [1.165, 1.54) is 18.3 Å². The van der Waals surface area contributed by atoms with Crippen LogP contribution in [0.3, 0.4) is 0 Å². The molecule has 0 unspecified atom stereocenters. The van der Waals surface area contributed by atoms with Gasteiger partial charge in [0.25, 0.3) is 10.0 Å². The molecule has 0 fully saturated rings. The van der Waals surface area contributed by atoms with E-state index >= 15 is 0 Å². The van der Waals surface area contributed by atoms with Crippen molar-refractivity contribution in [1.82, 2.24) is 4.98 Å². The van der Waals surface area contributed by atoms with Crippen LogP contribution in [0, 0.1) is 0 Å². The lowest BCUT2D eigenvalue weighted by Gasteiger charge is -2.15. The minimum absolute atomic E-state index is 0.117. The molecule has 0 saturated carbocycles. The average molecular weight is 307 g/mol. The topological polar surface area (TPSA) is 76.3 Å². The van der Waals surface area contributed by atoms with E-state index in [0.717, 1.165) is 16.9 Å². The van der Waals surface area contributed by atoms with Gasteiger partial charge in [-0.15, -0.1) is 11.3 Å². The molecule has 0 radical (unpaired) electrons. The first-order valence-electron chi connectivity index (χ1n) is 5.64. The van der Waals surface area contributed by atoms with Gasteiger partial charge in [0.1, 0.15) is 0 Å². The SMILES string of the molecule is C=C/C=C/c1ccc(S(=O)(=O)N(N)c2nccs2)cc1. The molecule has 0 amide bonds. The largest absolute Gasteiger partial charge is 0.279 e. The summed E-state index contributed by atoms with van der Waals surface area (Å²) in [6.45, 7) is 3.57. The summed E-state index contributed by atoms with van der Waals surface area (Å²) in [6, 6.07) is 6.41. The molecule has 2 N–H and O–H groups in total. The fourth-order valence-corrected chi connectivity index (χ4v) is 3.32. The summed E-state index contributed by atoms with van der Waals surface area (Å²) in [6.07, 6.45) is 6.74. The zero-order chi connectivity index (χ0) is 14.6. The third kappa shape index (κ3) is 2.96. The van der Waals surface area contributed by atoms with Gasteiger partial charge in [-0.1, -0.05) is 36.9 Å². The minimum Gasteiger partial charge on any atom is -0.231 e. The molecule has 0 aliphatic carbocycles. The highest BCUT2D eigenvalue weighted by Crippen LogP contribution is 2.22. The number of anilines is 1. The van der Waals surface area contributed by atoms with E-state index in [1.807, 2.05) is 6.08 Å². The first-order chi connectivity index (χ1) is 9.55. The van der Waals surface area contributed by atoms with Crippen molar-refractivity contribution in [2.24, 2.45) is 5.84 Å². The quantitative estimate of drug-likeness (QED) is 0.523. The molecule has 0 spiro atoms. The summed E-state index contributed by atoms with van der Waals surface area (Å²) >= 11 is 1.16. The number of hydrogen-bond donors (Lipinski definition) is 1. The number of hydrogen-bond acceptors (Lipinski definition) is 5. The zero-order valence-electron chi connectivity index (χ0n) is 10.5. The molecule has 20 heavy (non-hydrogen) atoms. The molecule has 1 heterocycles. The average Bonchev–Trinajstić information content (AvgIpc) is 2.98. The Morgan fingerprint density at radius 3 is 2.55 bits per heavy atom. The summed E-state index contributed by atoms with van der Waals surface area (Å²) in [5.41, 5.74) is 0.877. The number of nitrogens with two attached hydrogens (primary N) is 1. The Morgan fingerprint density at radius 2 is 2.00 bits per heavy atom. The molecule has 104 valence electrons. The highest BCUT2D eigenvalue weighted by atomic mass is 32.2. The summed E-state index contributed by atoms with van der Waals surface area (Å²) in [5.74, 6) is 5.63. The number of benzene rings is 1. The number of sulfonamides is 1. The van der Waals surface area contributed by atoms with Gasteiger partial charge in [0, 0.05) is 11.6 Å². The maximum Gasteiger partial charge on any atom is 0.279 e. The van der Waals surface area contributed by atoms with E-state index in [1.54, 1.807) is 29.7 Å². The van der Waals surface area contributed by atoms with Crippen LogP contribution in [0.2, 0.25) is 0 Å². The van der Waals surface area contributed by atoms with Crippen LogP contribution in [0.1, 0.15) is 5.56 Å². The monoisotopic (exact) mass is 307 g/mol. The molecule has 0 bridgehead atoms. The van der Waals surface area contributed by atoms with Crippen molar-refractivity contribution < 1.29 is 8.42 Å². The number of allylic oxidation sites excluding steroid dienone is 2. The zero-order valence-corrected chi connectivity index (χ0v) is 12.1. The van der Waals surface area contributed by atoms with E-state index in [-0.39, 0.29) is 10.0 Å². The van der Waals surface area contributed by atoms with Gasteiger partial charge in [-0.25, -0.2) is 10.8 Å². The summed E-state index contributed by atoms with van der Waals surface area (Å²) < 4.78 is 25.3. The Balaban J connectivity index is 2.30. The van der Waals surface area contributed by atoms with Gasteiger partial charge in [-0.2, -0.15) is 12.8 Å². The Kier molecular flexibility index (Phi) is 4.33.